The zero-order chi connectivity index (χ0) is 11.3. The second-order valence-electron chi connectivity index (χ2n) is 3.73. The summed E-state index contributed by atoms with van der Waals surface area (Å²) < 4.78 is 0. The van der Waals surface area contributed by atoms with Crippen LogP contribution in [0.15, 0.2) is 0 Å². The van der Waals surface area contributed by atoms with Crippen molar-refractivity contribution in [2.45, 2.75) is 40.2 Å². The van der Waals surface area contributed by atoms with Crippen molar-refractivity contribution in [1.29, 1.82) is 0 Å². The van der Waals surface area contributed by atoms with Gasteiger partial charge >= 0.3 is 5.97 Å². The van der Waals surface area contributed by atoms with Gasteiger partial charge in [-0.15, -0.1) is 0 Å². The molecule has 0 aromatic rings. The van der Waals surface area contributed by atoms with Crippen molar-refractivity contribution in [3.05, 3.63) is 0 Å². The van der Waals surface area contributed by atoms with Crippen molar-refractivity contribution in [1.82, 2.24) is 4.90 Å². The largest absolute Gasteiger partial charge is 0.481 e. The van der Waals surface area contributed by atoms with Gasteiger partial charge in [0, 0.05) is 19.0 Å². The molecular weight excluding hydrogens is 182 g/mol. The summed E-state index contributed by atoms with van der Waals surface area (Å²) in [4.78, 5) is 23.7. The first-order valence-electron chi connectivity index (χ1n) is 4.92. The molecule has 82 valence electrons. The number of carboxylic acids is 1. The number of aliphatic carboxylic acids is 1. The van der Waals surface area contributed by atoms with Crippen LogP contribution < -0.4 is 0 Å². The second-order valence-corrected chi connectivity index (χ2v) is 3.73. The zero-order valence-electron chi connectivity index (χ0n) is 9.28. The number of hydrogen-bond donors (Lipinski definition) is 1. The molecular formula is C10H19NO3. The van der Waals surface area contributed by atoms with E-state index in [1.807, 2.05) is 13.8 Å². The van der Waals surface area contributed by atoms with Crippen LogP contribution in [0, 0.1) is 5.92 Å². The Labute approximate surface area is 84.9 Å². The first-order valence-corrected chi connectivity index (χ1v) is 4.92. The maximum atomic E-state index is 11.4. The minimum Gasteiger partial charge on any atom is -0.481 e. The Morgan fingerprint density at radius 1 is 1.29 bits per heavy atom. The fraction of sp³-hybridized carbons (Fsp3) is 0.800. The van der Waals surface area contributed by atoms with Crippen LogP contribution in [0.3, 0.4) is 0 Å². The summed E-state index contributed by atoms with van der Waals surface area (Å²) in [6.07, 6.45) is 0.421. The topological polar surface area (TPSA) is 57.6 Å². The Bertz CT molecular complexity index is 213. The molecule has 0 fully saturated rings. The average molecular weight is 201 g/mol. The lowest BCUT2D eigenvalue weighted by atomic mass is 10.1. The van der Waals surface area contributed by atoms with E-state index >= 15 is 0 Å². The minimum absolute atomic E-state index is 0.00750. The maximum Gasteiger partial charge on any atom is 0.308 e. The zero-order valence-corrected chi connectivity index (χ0v) is 9.28. The van der Waals surface area contributed by atoms with Gasteiger partial charge in [0.05, 0.1) is 5.92 Å². The third-order valence-electron chi connectivity index (χ3n) is 2.14. The lowest BCUT2D eigenvalue weighted by Crippen LogP contribution is -2.41. The van der Waals surface area contributed by atoms with E-state index in [1.165, 1.54) is 0 Å². The highest BCUT2D eigenvalue weighted by molar-refractivity contribution is 5.77. The van der Waals surface area contributed by atoms with Gasteiger partial charge < -0.3 is 10.0 Å². The van der Waals surface area contributed by atoms with Gasteiger partial charge in [0.25, 0.3) is 0 Å². The molecule has 0 heterocycles. The molecule has 0 bridgehead atoms. The molecule has 0 radical (unpaired) electrons. The molecule has 1 amide bonds. The quantitative estimate of drug-likeness (QED) is 0.730. The van der Waals surface area contributed by atoms with Crippen LogP contribution in [0.25, 0.3) is 0 Å². The van der Waals surface area contributed by atoms with E-state index in [9.17, 15) is 9.59 Å². The van der Waals surface area contributed by atoms with E-state index in [2.05, 4.69) is 0 Å². The Morgan fingerprint density at radius 3 is 2.07 bits per heavy atom. The molecule has 4 heteroatoms. The van der Waals surface area contributed by atoms with E-state index in [-0.39, 0.29) is 11.9 Å². The van der Waals surface area contributed by atoms with Gasteiger partial charge in [-0.25, -0.2) is 0 Å². The Morgan fingerprint density at radius 2 is 1.79 bits per heavy atom. The molecule has 0 aliphatic carbocycles. The van der Waals surface area contributed by atoms with Crippen molar-refractivity contribution in [2.75, 3.05) is 6.54 Å². The Kier molecular flexibility index (Phi) is 5.20. The highest BCUT2D eigenvalue weighted by atomic mass is 16.4. The van der Waals surface area contributed by atoms with Gasteiger partial charge in [0.15, 0.2) is 0 Å². The van der Waals surface area contributed by atoms with E-state index in [1.54, 1.807) is 18.7 Å². The fourth-order valence-corrected chi connectivity index (χ4v) is 1.18. The highest BCUT2D eigenvalue weighted by Gasteiger charge is 2.21. The molecule has 0 aliphatic rings. The molecule has 14 heavy (non-hydrogen) atoms. The van der Waals surface area contributed by atoms with Gasteiger partial charge in [-0.1, -0.05) is 13.8 Å². The van der Waals surface area contributed by atoms with Crippen LogP contribution in [-0.4, -0.2) is 34.5 Å². The first-order chi connectivity index (χ1) is 6.40. The predicted molar refractivity (Wildman–Crippen MR) is 53.9 cm³/mol. The normalized spacial score (nSPS) is 12.6. The lowest BCUT2D eigenvalue weighted by Gasteiger charge is -2.28. The number of nitrogens with zero attached hydrogens (tertiary/aromatic N) is 1. The lowest BCUT2D eigenvalue weighted by molar-refractivity contribution is -0.143. The summed E-state index contributed by atoms with van der Waals surface area (Å²) in [5, 5.41) is 8.73. The van der Waals surface area contributed by atoms with Crippen LogP contribution in [0.2, 0.25) is 0 Å². The number of carbonyl (C=O) groups excluding carboxylic acids is 1. The van der Waals surface area contributed by atoms with Crippen LogP contribution in [-0.2, 0) is 9.59 Å². The van der Waals surface area contributed by atoms with Gasteiger partial charge in [0.2, 0.25) is 5.91 Å². The molecule has 0 rings (SSSR count). The van der Waals surface area contributed by atoms with E-state index in [0.29, 0.717) is 13.0 Å². The number of hydrogen-bond acceptors (Lipinski definition) is 2. The van der Waals surface area contributed by atoms with Crippen molar-refractivity contribution in [3.8, 4) is 0 Å². The number of carbonyl (C=O) groups is 2. The first kappa shape index (κ1) is 12.9. The highest BCUT2D eigenvalue weighted by Crippen LogP contribution is 2.07. The summed E-state index contributed by atoms with van der Waals surface area (Å²) in [5.74, 6) is -1.36. The van der Waals surface area contributed by atoms with Crippen molar-refractivity contribution in [3.63, 3.8) is 0 Å². The monoisotopic (exact) mass is 201 g/mol. The third-order valence-corrected chi connectivity index (χ3v) is 2.14. The summed E-state index contributed by atoms with van der Waals surface area (Å²) in [6, 6.07) is 0.0595. The van der Waals surface area contributed by atoms with Gasteiger partial charge in [0.1, 0.15) is 0 Å². The Hall–Kier alpha value is -1.06. The summed E-state index contributed by atoms with van der Waals surface area (Å²) in [7, 11) is 0. The second kappa shape index (κ2) is 5.62. The van der Waals surface area contributed by atoms with E-state index in [0.717, 1.165) is 0 Å². The Balaban J connectivity index is 4.38. The molecule has 4 nitrogen and oxygen atoms in total. The predicted octanol–water partition coefficient (Wildman–Crippen LogP) is 1.35. The maximum absolute atomic E-state index is 11.4. The molecule has 0 aromatic carbocycles. The SMILES string of the molecule is CCC(=O)N(CC(C)C(=O)O)C(C)C. The van der Waals surface area contributed by atoms with Crippen LogP contribution in [0.5, 0.6) is 0 Å². The third kappa shape index (κ3) is 3.77. The molecule has 0 aromatic heterocycles. The standard InChI is InChI=1S/C10H19NO3/c1-5-9(12)11(7(2)3)6-8(4)10(13)14/h7-8H,5-6H2,1-4H3,(H,13,14). The fourth-order valence-electron chi connectivity index (χ4n) is 1.18. The van der Waals surface area contributed by atoms with Crippen molar-refractivity contribution < 1.29 is 14.7 Å². The number of rotatable bonds is 5. The summed E-state index contributed by atoms with van der Waals surface area (Å²) in [5.41, 5.74) is 0. The number of amides is 1. The van der Waals surface area contributed by atoms with Crippen molar-refractivity contribution in [2.24, 2.45) is 5.92 Å². The molecule has 1 unspecified atom stereocenters. The van der Waals surface area contributed by atoms with Crippen LogP contribution in [0.4, 0.5) is 0 Å². The van der Waals surface area contributed by atoms with E-state index < -0.39 is 11.9 Å². The molecule has 0 spiro atoms. The molecule has 0 saturated heterocycles. The summed E-state index contributed by atoms with van der Waals surface area (Å²) in [6.45, 7) is 7.47. The van der Waals surface area contributed by atoms with Gasteiger partial charge in [-0.05, 0) is 13.8 Å². The average Bonchev–Trinajstić information content (AvgIpc) is 2.11. The van der Waals surface area contributed by atoms with Crippen molar-refractivity contribution >= 4 is 11.9 Å². The van der Waals surface area contributed by atoms with Gasteiger partial charge in [-0.2, -0.15) is 0 Å². The number of carboxylic acid groups (broad SMARTS) is 1. The van der Waals surface area contributed by atoms with Crippen LogP contribution in [0.1, 0.15) is 34.1 Å². The van der Waals surface area contributed by atoms with Crippen LogP contribution >= 0.6 is 0 Å². The molecule has 1 N–H and O–H groups in total. The van der Waals surface area contributed by atoms with Gasteiger partial charge in [-0.3, -0.25) is 9.59 Å². The molecule has 0 aliphatic heterocycles. The minimum atomic E-state index is -0.862. The summed E-state index contributed by atoms with van der Waals surface area (Å²) >= 11 is 0. The molecule has 0 saturated carbocycles. The van der Waals surface area contributed by atoms with E-state index in [4.69, 9.17) is 5.11 Å². The smallest absolute Gasteiger partial charge is 0.308 e. The molecule has 1 atom stereocenters.